The van der Waals surface area contributed by atoms with Gasteiger partial charge in [0.05, 0.1) is 26.4 Å². The lowest BCUT2D eigenvalue weighted by Crippen LogP contribution is -2.30. The fourth-order valence-electron chi connectivity index (χ4n) is 14.6. The second kappa shape index (κ2) is 84.1. The molecule has 0 amide bonds. The Labute approximate surface area is 689 Å². The van der Waals surface area contributed by atoms with E-state index < -0.39 is 97.5 Å². The Kier molecular flexibility index (Phi) is 82.6. The van der Waals surface area contributed by atoms with Gasteiger partial charge in [-0.2, -0.15) is 0 Å². The maximum Gasteiger partial charge on any atom is 0.472 e. The first-order valence-corrected chi connectivity index (χ1v) is 51.0. The van der Waals surface area contributed by atoms with E-state index in [2.05, 4.69) is 41.5 Å². The molecule has 0 aliphatic heterocycles. The van der Waals surface area contributed by atoms with Gasteiger partial charge in [-0.05, 0) is 37.5 Å². The van der Waals surface area contributed by atoms with Crippen molar-refractivity contribution in [3.63, 3.8) is 0 Å². The fourth-order valence-corrected chi connectivity index (χ4v) is 16.2. The van der Waals surface area contributed by atoms with E-state index in [0.29, 0.717) is 25.7 Å². The van der Waals surface area contributed by atoms with Gasteiger partial charge >= 0.3 is 39.5 Å². The van der Waals surface area contributed by atoms with Crippen LogP contribution >= 0.6 is 15.6 Å². The number of hydrogen-bond acceptors (Lipinski definition) is 15. The van der Waals surface area contributed by atoms with E-state index in [4.69, 9.17) is 37.0 Å². The number of phosphoric ester groups is 2. The molecule has 0 rings (SSSR count). The van der Waals surface area contributed by atoms with Crippen LogP contribution in [0.25, 0.3) is 0 Å². The number of phosphoric acid groups is 2. The molecule has 0 aromatic carbocycles. The number of ether oxygens (including phenoxy) is 4. The van der Waals surface area contributed by atoms with Gasteiger partial charge in [0, 0.05) is 25.7 Å². The summed E-state index contributed by atoms with van der Waals surface area (Å²) in [4.78, 5) is 73.4. The molecule has 0 bridgehead atoms. The number of carbonyl (C=O) groups excluding carboxylic acids is 4. The third-order valence-corrected chi connectivity index (χ3v) is 24.2. The molecule has 0 radical (unpaired) electrons. The summed E-state index contributed by atoms with van der Waals surface area (Å²) in [6.07, 6.45) is 79.5. The molecule has 0 spiro atoms. The molecule has 112 heavy (non-hydrogen) atoms. The maximum absolute atomic E-state index is 13.2. The summed E-state index contributed by atoms with van der Waals surface area (Å²) < 4.78 is 69.1. The fraction of sp³-hybridized carbons (Fsp3) is 0.957. The topological polar surface area (TPSA) is 237 Å². The summed E-state index contributed by atoms with van der Waals surface area (Å²) in [5.74, 6) is -0.545. The van der Waals surface area contributed by atoms with Crippen LogP contribution in [0.15, 0.2) is 0 Å². The van der Waals surface area contributed by atoms with Gasteiger partial charge in [-0.15, -0.1) is 0 Å². The Morgan fingerprint density at radius 3 is 0.679 bits per heavy atom. The minimum Gasteiger partial charge on any atom is -0.462 e. The lowest BCUT2D eigenvalue weighted by atomic mass is 10.00. The van der Waals surface area contributed by atoms with Crippen LogP contribution < -0.4 is 0 Å². The third kappa shape index (κ3) is 84.5. The first-order valence-electron chi connectivity index (χ1n) is 48.0. The van der Waals surface area contributed by atoms with Gasteiger partial charge in [0.25, 0.3) is 0 Å². The average Bonchev–Trinajstić information content (AvgIpc) is 0.903. The third-order valence-electron chi connectivity index (χ3n) is 22.3. The molecule has 19 heteroatoms. The molecular weight excluding hydrogens is 1450 g/mol. The van der Waals surface area contributed by atoms with Gasteiger partial charge < -0.3 is 33.8 Å². The number of rotatable bonds is 92. The maximum atomic E-state index is 13.2. The van der Waals surface area contributed by atoms with Crippen molar-refractivity contribution in [1.29, 1.82) is 0 Å². The summed E-state index contributed by atoms with van der Waals surface area (Å²) in [6.45, 7) is 9.71. The lowest BCUT2D eigenvalue weighted by molar-refractivity contribution is -0.161. The Balaban J connectivity index is 5.21. The number of carbonyl (C=O) groups is 4. The van der Waals surface area contributed by atoms with Gasteiger partial charge in [0.2, 0.25) is 0 Å². The highest BCUT2D eigenvalue weighted by molar-refractivity contribution is 7.47. The lowest BCUT2D eigenvalue weighted by Gasteiger charge is -2.21. The van der Waals surface area contributed by atoms with Crippen LogP contribution in [-0.4, -0.2) is 96.7 Å². The van der Waals surface area contributed by atoms with Gasteiger partial charge in [0.1, 0.15) is 19.3 Å². The molecule has 0 aromatic rings. The minimum atomic E-state index is -4.97. The number of aliphatic hydroxyl groups is 1. The van der Waals surface area contributed by atoms with Crippen LogP contribution in [0.2, 0.25) is 0 Å². The van der Waals surface area contributed by atoms with Crippen LogP contribution in [-0.2, 0) is 65.4 Å². The van der Waals surface area contributed by atoms with E-state index in [-0.39, 0.29) is 25.7 Å². The second-order valence-corrected chi connectivity index (χ2v) is 37.0. The number of unbranched alkanes of at least 4 members (excludes halogenated alkanes) is 61. The SMILES string of the molecule is CCCCCCCCCCCCCCCCCCCCCCCC(=O)OC[C@H](COP(=O)(O)OC[C@@H](O)COP(=O)(O)OC[C@@H](COC(=O)CCCCCCCCC(C)CC)OC(=O)CCCCCCCCCCCCCCCCCCCCCC)OC(=O)CCCCCCCCCCCCCCCCCCCCC(C)C. The molecule has 0 aliphatic carbocycles. The zero-order valence-electron chi connectivity index (χ0n) is 74.0. The molecule has 3 unspecified atom stereocenters. The molecule has 0 heterocycles. The number of esters is 4. The van der Waals surface area contributed by atoms with E-state index in [9.17, 15) is 43.2 Å². The highest BCUT2D eigenvalue weighted by atomic mass is 31.2. The van der Waals surface area contributed by atoms with Crippen LogP contribution in [0.3, 0.4) is 0 Å². The zero-order valence-corrected chi connectivity index (χ0v) is 75.8. The van der Waals surface area contributed by atoms with E-state index >= 15 is 0 Å². The van der Waals surface area contributed by atoms with Crippen molar-refractivity contribution in [3.05, 3.63) is 0 Å². The van der Waals surface area contributed by atoms with Crippen LogP contribution in [0.5, 0.6) is 0 Å². The number of hydrogen-bond donors (Lipinski definition) is 3. The summed E-state index contributed by atoms with van der Waals surface area (Å²) in [5, 5.41) is 10.7. The largest absolute Gasteiger partial charge is 0.472 e. The van der Waals surface area contributed by atoms with Crippen molar-refractivity contribution in [2.75, 3.05) is 39.6 Å². The van der Waals surface area contributed by atoms with Crippen molar-refractivity contribution in [2.24, 2.45) is 11.8 Å². The van der Waals surface area contributed by atoms with Crippen molar-refractivity contribution in [3.8, 4) is 0 Å². The zero-order chi connectivity index (χ0) is 82.0. The smallest absolute Gasteiger partial charge is 0.462 e. The molecule has 0 aliphatic rings. The Hall–Kier alpha value is -1.94. The molecule has 17 nitrogen and oxygen atoms in total. The first kappa shape index (κ1) is 110. The predicted molar refractivity (Wildman–Crippen MR) is 465 cm³/mol. The predicted octanol–water partition coefficient (Wildman–Crippen LogP) is 29.0. The van der Waals surface area contributed by atoms with Crippen LogP contribution in [0.1, 0.15) is 504 Å². The van der Waals surface area contributed by atoms with Gasteiger partial charge in [-0.1, -0.05) is 452 Å². The molecule has 0 saturated heterocycles. The quantitative estimate of drug-likeness (QED) is 0.0222. The van der Waals surface area contributed by atoms with E-state index in [0.717, 1.165) is 108 Å². The Bertz CT molecular complexity index is 2130. The van der Waals surface area contributed by atoms with Crippen molar-refractivity contribution >= 4 is 39.5 Å². The average molecular weight is 1630 g/mol. The highest BCUT2D eigenvalue weighted by Gasteiger charge is 2.31. The van der Waals surface area contributed by atoms with E-state index in [1.165, 1.54) is 315 Å². The van der Waals surface area contributed by atoms with Crippen LogP contribution in [0, 0.1) is 11.8 Å². The van der Waals surface area contributed by atoms with Gasteiger partial charge in [0.15, 0.2) is 12.2 Å². The summed E-state index contributed by atoms with van der Waals surface area (Å²) in [7, 11) is -9.94. The van der Waals surface area contributed by atoms with E-state index in [1.54, 1.807) is 0 Å². The molecule has 0 saturated carbocycles. The first-order chi connectivity index (χ1) is 54.4. The van der Waals surface area contributed by atoms with Crippen molar-refractivity contribution in [2.45, 2.75) is 522 Å². The molecule has 6 atom stereocenters. The van der Waals surface area contributed by atoms with Gasteiger partial charge in [-0.3, -0.25) is 37.3 Å². The van der Waals surface area contributed by atoms with Crippen LogP contribution in [0.4, 0.5) is 0 Å². The Morgan fingerprint density at radius 1 is 0.259 bits per heavy atom. The normalized spacial score (nSPS) is 13.9. The van der Waals surface area contributed by atoms with Crippen molar-refractivity contribution < 1.29 is 80.2 Å². The molecular formula is C93H182O17P2. The summed E-state index contributed by atoms with van der Waals surface area (Å²) >= 11 is 0. The minimum absolute atomic E-state index is 0.108. The molecule has 0 aromatic heterocycles. The number of aliphatic hydroxyl groups excluding tert-OH is 1. The molecule has 3 N–H and O–H groups in total. The van der Waals surface area contributed by atoms with Crippen molar-refractivity contribution in [1.82, 2.24) is 0 Å². The van der Waals surface area contributed by atoms with E-state index in [1.807, 2.05) is 0 Å². The Morgan fingerprint density at radius 2 is 0.455 bits per heavy atom. The molecule has 0 fully saturated rings. The van der Waals surface area contributed by atoms with Gasteiger partial charge in [-0.25, -0.2) is 9.13 Å². The monoisotopic (exact) mass is 1630 g/mol. The standard InChI is InChI=1S/C93H182O17P2/c1-7-10-12-14-16-18-20-22-24-26-28-30-32-36-40-44-48-52-56-63-69-75-90(95)103-81-88(109-92(97)77-71-65-58-54-50-46-42-38-34-33-35-39-43-47-51-55-61-67-73-85(4)5)83-107-111(99,100)105-79-87(94)80-106-112(101,102)108-84-89(82-104-91(96)76-70-64-60-59-62-68-74-86(6)9-3)110-93(98)78-72-66-57-53-49-45-41-37-31-29-27-25-23-21-19-17-15-13-11-8-2/h85-89,94H,7-84H2,1-6H3,(H,99,100)(H,101,102)/t86?,87-,88-,89-/m1/s1. The summed E-state index contributed by atoms with van der Waals surface area (Å²) in [5.41, 5.74) is 0. The summed E-state index contributed by atoms with van der Waals surface area (Å²) in [6, 6.07) is 0. The second-order valence-electron chi connectivity index (χ2n) is 34.1. The highest BCUT2D eigenvalue weighted by Crippen LogP contribution is 2.45. The molecule has 666 valence electrons.